The van der Waals surface area contributed by atoms with E-state index in [1.165, 1.54) is 6.08 Å². The van der Waals surface area contributed by atoms with E-state index in [9.17, 15) is 14.4 Å². The molecule has 0 rings (SSSR count). The maximum atomic E-state index is 11.8. The van der Waals surface area contributed by atoms with Crippen molar-refractivity contribution in [2.24, 2.45) is 5.92 Å². The maximum Gasteiger partial charge on any atom is 0.348 e. The van der Waals surface area contributed by atoms with Crippen LogP contribution in [0.2, 0.25) is 0 Å². The molecule has 0 aromatic carbocycles. The Bertz CT molecular complexity index is 336. The monoisotopic (exact) mass is 272 g/mol. The van der Waals surface area contributed by atoms with Gasteiger partial charge in [0, 0.05) is 6.92 Å². The molecule has 0 saturated heterocycles. The van der Waals surface area contributed by atoms with E-state index >= 15 is 0 Å². The zero-order chi connectivity index (χ0) is 14.8. The average molecular weight is 272 g/mol. The molecular weight excluding hydrogens is 252 g/mol. The Morgan fingerprint density at radius 2 is 1.63 bits per heavy atom. The Balaban J connectivity index is 5.10. The van der Waals surface area contributed by atoms with Crippen molar-refractivity contribution >= 4 is 17.9 Å². The van der Waals surface area contributed by atoms with Gasteiger partial charge in [0.15, 0.2) is 0 Å². The summed E-state index contributed by atoms with van der Waals surface area (Å²) in [7, 11) is 0. The number of carbonyl (C=O) groups is 3. The highest BCUT2D eigenvalue weighted by Crippen LogP contribution is 2.17. The van der Waals surface area contributed by atoms with Gasteiger partial charge in [-0.15, -0.1) is 6.58 Å². The molecule has 0 saturated carbocycles. The molecule has 0 aromatic rings. The summed E-state index contributed by atoms with van der Waals surface area (Å²) in [6, 6.07) is 0. The molecule has 0 aliphatic heterocycles. The van der Waals surface area contributed by atoms with Gasteiger partial charge in [0.1, 0.15) is 5.92 Å². The molecule has 6 heteroatoms. The van der Waals surface area contributed by atoms with E-state index in [4.69, 9.17) is 14.2 Å². The van der Waals surface area contributed by atoms with Crippen LogP contribution in [0.3, 0.4) is 0 Å². The summed E-state index contributed by atoms with van der Waals surface area (Å²) >= 11 is 0. The van der Waals surface area contributed by atoms with Crippen LogP contribution < -0.4 is 0 Å². The molecule has 0 spiro atoms. The van der Waals surface area contributed by atoms with Gasteiger partial charge in [-0.05, 0) is 20.3 Å². The molecule has 6 nitrogen and oxygen atoms in total. The van der Waals surface area contributed by atoms with Gasteiger partial charge in [0.05, 0.1) is 13.2 Å². The third kappa shape index (κ3) is 6.03. The molecule has 0 fully saturated rings. The van der Waals surface area contributed by atoms with Crippen molar-refractivity contribution in [2.45, 2.75) is 33.3 Å². The molecule has 0 N–H and O–H groups in total. The number of esters is 3. The number of rotatable bonds is 8. The normalized spacial score (nSPS) is 13.0. The second-order valence-electron chi connectivity index (χ2n) is 3.67. The summed E-state index contributed by atoms with van der Waals surface area (Å²) in [6.07, 6.45) is 0.293. The van der Waals surface area contributed by atoms with E-state index in [0.29, 0.717) is 0 Å². The van der Waals surface area contributed by atoms with Crippen LogP contribution >= 0.6 is 0 Å². The highest BCUT2D eigenvalue weighted by atomic mass is 16.6. The number of carbonyl (C=O) groups excluding carboxylic acids is 3. The van der Waals surface area contributed by atoms with Crippen molar-refractivity contribution in [1.82, 2.24) is 0 Å². The first-order valence-electron chi connectivity index (χ1n) is 6.09. The summed E-state index contributed by atoms with van der Waals surface area (Å²) < 4.78 is 14.5. The van der Waals surface area contributed by atoms with Crippen LogP contribution in [-0.4, -0.2) is 37.2 Å². The Hall–Kier alpha value is -1.85. The number of allylic oxidation sites excluding steroid dienone is 1. The van der Waals surface area contributed by atoms with E-state index in [-0.39, 0.29) is 19.6 Å². The minimum Gasteiger partial charge on any atom is -0.466 e. The largest absolute Gasteiger partial charge is 0.466 e. The molecule has 0 aromatic heterocycles. The van der Waals surface area contributed by atoms with Crippen molar-refractivity contribution < 1.29 is 28.6 Å². The molecule has 2 atom stereocenters. The Labute approximate surface area is 112 Å². The predicted octanol–water partition coefficient (Wildman–Crippen LogP) is 1.24. The fraction of sp³-hybridized carbons (Fsp3) is 0.615. The molecule has 108 valence electrons. The summed E-state index contributed by atoms with van der Waals surface area (Å²) in [6.45, 7) is 8.23. The van der Waals surface area contributed by atoms with Crippen LogP contribution in [-0.2, 0) is 28.6 Å². The van der Waals surface area contributed by atoms with E-state index in [2.05, 4.69) is 6.58 Å². The van der Waals surface area contributed by atoms with Crippen LogP contribution in [0, 0.1) is 5.92 Å². The average Bonchev–Trinajstić information content (AvgIpc) is 2.33. The van der Waals surface area contributed by atoms with Crippen molar-refractivity contribution in [2.75, 3.05) is 13.2 Å². The van der Waals surface area contributed by atoms with Gasteiger partial charge >= 0.3 is 17.9 Å². The minimum absolute atomic E-state index is 0.125. The van der Waals surface area contributed by atoms with Crippen molar-refractivity contribution in [3.63, 3.8) is 0 Å². The third-order valence-corrected chi connectivity index (χ3v) is 2.19. The van der Waals surface area contributed by atoms with Crippen LogP contribution in [0.5, 0.6) is 0 Å². The molecule has 0 aliphatic carbocycles. The summed E-state index contributed by atoms with van der Waals surface area (Å²) in [5.74, 6) is -3.00. The van der Waals surface area contributed by atoms with E-state index in [1.807, 2.05) is 0 Å². The smallest absolute Gasteiger partial charge is 0.348 e. The summed E-state index contributed by atoms with van der Waals surface area (Å²) in [5.41, 5.74) is 0. The number of hydrogen-bond donors (Lipinski definition) is 0. The summed E-state index contributed by atoms with van der Waals surface area (Å²) in [5, 5.41) is 0. The molecule has 0 radical (unpaired) electrons. The molecule has 0 heterocycles. The van der Waals surface area contributed by atoms with Gasteiger partial charge in [-0.3, -0.25) is 9.59 Å². The van der Waals surface area contributed by atoms with Crippen molar-refractivity contribution in [3.05, 3.63) is 12.7 Å². The van der Waals surface area contributed by atoms with Gasteiger partial charge in [-0.2, -0.15) is 0 Å². The zero-order valence-electron chi connectivity index (χ0n) is 11.5. The second-order valence-corrected chi connectivity index (χ2v) is 3.67. The fourth-order valence-electron chi connectivity index (χ4n) is 1.47. The molecule has 0 unspecified atom stereocenters. The first kappa shape index (κ1) is 17.2. The van der Waals surface area contributed by atoms with Gasteiger partial charge in [-0.25, -0.2) is 4.79 Å². The van der Waals surface area contributed by atoms with Crippen LogP contribution in [0.25, 0.3) is 0 Å². The first-order chi connectivity index (χ1) is 8.97. The number of hydrogen-bond acceptors (Lipinski definition) is 6. The lowest BCUT2D eigenvalue weighted by atomic mass is 9.98. The van der Waals surface area contributed by atoms with Crippen LogP contribution in [0.1, 0.15) is 27.2 Å². The highest BCUT2D eigenvalue weighted by Gasteiger charge is 2.37. The third-order valence-electron chi connectivity index (χ3n) is 2.19. The van der Waals surface area contributed by atoms with Gasteiger partial charge in [0.25, 0.3) is 0 Å². The van der Waals surface area contributed by atoms with Crippen molar-refractivity contribution in [1.29, 1.82) is 0 Å². The van der Waals surface area contributed by atoms with Gasteiger partial charge < -0.3 is 14.2 Å². The first-order valence-corrected chi connectivity index (χ1v) is 6.09. The SMILES string of the molecule is C=CC[C@@H](C(=O)OCC)[C@@H](OC(C)=O)C(=O)OCC. The molecule has 0 bridgehead atoms. The Morgan fingerprint density at radius 1 is 1.11 bits per heavy atom. The fourth-order valence-corrected chi connectivity index (χ4v) is 1.47. The molecule has 0 aliphatic rings. The molecular formula is C13H20O6. The van der Waals surface area contributed by atoms with Gasteiger partial charge in [-0.1, -0.05) is 6.08 Å². The second kappa shape index (κ2) is 9.13. The van der Waals surface area contributed by atoms with Crippen LogP contribution in [0.15, 0.2) is 12.7 Å². The van der Waals surface area contributed by atoms with E-state index in [1.54, 1.807) is 13.8 Å². The van der Waals surface area contributed by atoms with E-state index < -0.39 is 29.9 Å². The maximum absolute atomic E-state index is 11.8. The van der Waals surface area contributed by atoms with Crippen LogP contribution in [0.4, 0.5) is 0 Å². The molecule has 0 amide bonds. The van der Waals surface area contributed by atoms with E-state index in [0.717, 1.165) is 6.92 Å². The number of ether oxygens (including phenoxy) is 3. The zero-order valence-corrected chi connectivity index (χ0v) is 11.5. The standard InChI is InChI=1S/C13H20O6/c1-5-8-10(12(15)17-6-2)11(19-9(4)14)13(16)18-7-3/h5,10-11H,1,6-8H2,2-4H3/t10-,11-/m1/s1. The minimum atomic E-state index is -1.31. The Kier molecular flexibility index (Phi) is 8.24. The lowest BCUT2D eigenvalue weighted by Gasteiger charge is -2.22. The Morgan fingerprint density at radius 3 is 2.05 bits per heavy atom. The molecule has 19 heavy (non-hydrogen) atoms. The lowest BCUT2D eigenvalue weighted by Crippen LogP contribution is -2.40. The summed E-state index contributed by atoms with van der Waals surface area (Å²) in [4.78, 5) is 34.6. The van der Waals surface area contributed by atoms with Gasteiger partial charge in [0.2, 0.25) is 6.10 Å². The topological polar surface area (TPSA) is 78.9 Å². The highest BCUT2D eigenvalue weighted by molar-refractivity contribution is 5.86. The van der Waals surface area contributed by atoms with Crippen molar-refractivity contribution in [3.8, 4) is 0 Å². The quantitative estimate of drug-likeness (QED) is 0.376. The lowest BCUT2D eigenvalue weighted by molar-refractivity contribution is -0.176. The predicted molar refractivity (Wildman–Crippen MR) is 67.1 cm³/mol.